The zero-order valence-electron chi connectivity index (χ0n) is 16.8. The zero-order valence-corrected chi connectivity index (χ0v) is 19.3. The lowest BCUT2D eigenvalue weighted by Gasteiger charge is -2.08. The lowest BCUT2D eigenvalue weighted by atomic mass is 10.2. The molecular formula is C26H22O2S3. The second kappa shape index (κ2) is 10.2. The molecular weight excluding hydrogens is 440 g/mol. The van der Waals surface area contributed by atoms with E-state index in [0.717, 1.165) is 22.6 Å². The summed E-state index contributed by atoms with van der Waals surface area (Å²) in [6, 6.07) is 34.8. The van der Waals surface area contributed by atoms with Gasteiger partial charge in [-0.25, -0.2) is 8.42 Å². The average Bonchev–Trinajstić information content (AvgIpc) is 2.83. The van der Waals surface area contributed by atoms with Crippen LogP contribution in [0.4, 0.5) is 0 Å². The van der Waals surface area contributed by atoms with E-state index in [4.69, 9.17) is 0 Å². The third kappa shape index (κ3) is 5.82. The van der Waals surface area contributed by atoms with E-state index < -0.39 is 9.84 Å². The fraction of sp³-hybridized carbons (Fsp3) is 0.0769. The van der Waals surface area contributed by atoms with E-state index in [9.17, 15) is 8.42 Å². The third-order valence-corrected chi connectivity index (χ3v) is 8.72. The van der Waals surface area contributed by atoms with Crippen molar-refractivity contribution < 1.29 is 8.42 Å². The SMILES string of the molecule is O=S(=O)(c1ccc(CSc2ccccc2)cc1)c1ccc(CSc2ccccc2)cc1. The Morgan fingerprint density at radius 2 is 0.839 bits per heavy atom. The largest absolute Gasteiger partial charge is 0.219 e. The minimum Gasteiger partial charge on any atom is -0.219 e. The standard InChI is InChI=1S/C26H22O2S3/c27-31(28,25-15-11-21(12-16-25)19-29-23-7-3-1-4-8-23)26-17-13-22(14-18-26)20-30-24-9-5-2-6-10-24/h1-18H,19-20H2. The summed E-state index contributed by atoms with van der Waals surface area (Å²) in [5, 5.41) is 0. The molecule has 31 heavy (non-hydrogen) atoms. The number of hydrogen-bond acceptors (Lipinski definition) is 4. The van der Waals surface area contributed by atoms with E-state index in [-0.39, 0.29) is 0 Å². The van der Waals surface area contributed by atoms with Gasteiger partial charge in [-0.05, 0) is 59.7 Å². The van der Waals surface area contributed by atoms with Crippen LogP contribution in [-0.4, -0.2) is 8.42 Å². The Kier molecular flexibility index (Phi) is 7.17. The Bertz CT molecular complexity index is 1110. The van der Waals surface area contributed by atoms with Gasteiger partial charge in [-0.15, -0.1) is 23.5 Å². The monoisotopic (exact) mass is 462 g/mol. The molecule has 0 radical (unpaired) electrons. The molecule has 0 aliphatic heterocycles. The molecule has 0 aliphatic rings. The van der Waals surface area contributed by atoms with Crippen molar-refractivity contribution in [2.45, 2.75) is 31.1 Å². The number of hydrogen-bond donors (Lipinski definition) is 0. The molecule has 0 spiro atoms. The highest BCUT2D eigenvalue weighted by Crippen LogP contribution is 2.27. The molecule has 2 nitrogen and oxygen atoms in total. The zero-order chi connectivity index (χ0) is 21.5. The van der Waals surface area contributed by atoms with E-state index in [1.807, 2.05) is 60.7 Å². The second-order valence-corrected chi connectivity index (χ2v) is 11.0. The van der Waals surface area contributed by atoms with E-state index in [1.165, 1.54) is 9.79 Å². The Labute approximate surface area is 192 Å². The van der Waals surface area contributed by atoms with E-state index >= 15 is 0 Å². The number of benzene rings is 4. The van der Waals surface area contributed by atoms with Gasteiger partial charge in [0.15, 0.2) is 0 Å². The Hall–Kier alpha value is -2.47. The smallest absolute Gasteiger partial charge is 0.206 e. The van der Waals surface area contributed by atoms with Crippen molar-refractivity contribution in [1.82, 2.24) is 0 Å². The van der Waals surface area contributed by atoms with Crippen LogP contribution in [0.5, 0.6) is 0 Å². The van der Waals surface area contributed by atoms with Gasteiger partial charge in [0.1, 0.15) is 0 Å². The van der Waals surface area contributed by atoms with Crippen LogP contribution in [0.2, 0.25) is 0 Å². The molecule has 156 valence electrons. The van der Waals surface area contributed by atoms with E-state index in [1.54, 1.807) is 47.8 Å². The molecule has 0 unspecified atom stereocenters. The quantitative estimate of drug-likeness (QED) is 0.261. The van der Waals surface area contributed by atoms with Crippen molar-refractivity contribution in [3.8, 4) is 0 Å². The molecule has 0 bridgehead atoms. The van der Waals surface area contributed by atoms with Gasteiger partial charge in [0.25, 0.3) is 0 Å². The van der Waals surface area contributed by atoms with Crippen molar-refractivity contribution in [1.29, 1.82) is 0 Å². The van der Waals surface area contributed by atoms with Crippen LogP contribution in [0.3, 0.4) is 0 Å². The molecule has 0 amide bonds. The van der Waals surface area contributed by atoms with Gasteiger partial charge >= 0.3 is 0 Å². The minimum atomic E-state index is -3.52. The summed E-state index contributed by atoms with van der Waals surface area (Å²) in [7, 11) is -3.52. The van der Waals surface area contributed by atoms with Crippen molar-refractivity contribution >= 4 is 33.4 Å². The molecule has 0 heterocycles. The van der Waals surface area contributed by atoms with Gasteiger partial charge in [-0.3, -0.25) is 0 Å². The summed E-state index contributed by atoms with van der Waals surface area (Å²) >= 11 is 3.47. The highest BCUT2D eigenvalue weighted by Gasteiger charge is 2.17. The maximum atomic E-state index is 13.0. The van der Waals surface area contributed by atoms with Gasteiger partial charge in [-0.1, -0.05) is 60.7 Å². The summed E-state index contributed by atoms with van der Waals surface area (Å²) < 4.78 is 26.0. The maximum absolute atomic E-state index is 13.0. The van der Waals surface area contributed by atoms with E-state index in [0.29, 0.717) is 9.79 Å². The van der Waals surface area contributed by atoms with Crippen LogP contribution in [0.25, 0.3) is 0 Å². The summed E-state index contributed by atoms with van der Waals surface area (Å²) in [6.07, 6.45) is 0. The summed E-state index contributed by atoms with van der Waals surface area (Å²) in [4.78, 5) is 3.05. The average molecular weight is 463 g/mol. The van der Waals surface area contributed by atoms with Crippen LogP contribution in [0.15, 0.2) is 129 Å². The fourth-order valence-electron chi connectivity index (χ4n) is 3.03. The molecule has 4 rings (SSSR count). The Balaban J connectivity index is 1.40. The number of rotatable bonds is 8. The molecule has 0 atom stereocenters. The highest BCUT2D eigenvalue weighted by atomic mass is 32.2. The van der Waals surface area contributed by atoms with Crippen LogP contribution >= 0.6 is 23.5 Å². The van der Waals surface area contributed by atoms with Crippen LogP contribution < -0.4 is 0 Å². The van der Waals surface area contributed by atoms with Gasteiger partial charge in [0.05, 0.1) is 9.79 Å². The van der Waals surface area contributed by atoms with Gasteiger partial charge in [-0.2, -0.15) is 0 Å². The number of thioether (sulfide) groups is 2. The normalized spacial score (nSPS) is 11.4. The molecule has 0 saturated carbocycles. The first-order valence-electron chi connectivity index (χ1n) is 9.90. The van der Waals surface area contributed by atoms with Crippen molar-refractivity contribution in [3.05, 3.63) is 120 Å². The minimum absolute atomic E-state index is 0.326. The molecule has 4 aromatic rings. The molecule has 0 N–H and O–H groups in total. The highest BCUT2D eigenvalue weighted by molar-refractivity contribution is 7.98. The Morgan fingerprint density at radius 3 is 1.19 bits per heavy atom. The third-order valence-electron chi connectivity index (χ3n) is 4.76. The van der Waals surface area contributed by atoms with Crippen LogP contribution in [0.1, 0.15) is 11.1 Å². The maximum Gasteiger partial charge on any atom is 0.206 e. The molecule has 0 saturated heterocycles. The lowest BCUT2D eigenvalue weighted by molar-refractivity contribution is 0.596. The summed E-state index contributed by atoms with van der Waals surface area (Å²) in [6.45, 7) is 0. The van der Waals surface area contributed by atoms with Gasteiger partial charge in [0, 0.05) is 21.3 Å². The topological polar surface area (TPSA) is 34.1 Å². The molecule has 0 fully saturated rings. The fourth-order valence-corrected chi connectivity index (χ4v) is 6.04. The summed E-state index contributed by atoms with van der Waals surface area (Å²) in [5.41, 5.74) is 2.20. The molecule has 0 aliphatic carbocycles. The van der Waals surface area contributed by atoms with Crippen LogP contribution in [0, 0.1) is 0 Å². The van der Waals surface area contributed by atoms with E-state index in [2.05, 4.69) is 24.3 Å². The van der Waals surface area contributed by atoms with Gasteiger partial charge in [0.2, 0.25) is 9.84 Å². The van der Waals surface area contributed by atoms with Crippen LogP contribution in [-0.2, 0) is 21.3 Å². The predicted octanol–water partition coefficient (Wildman–Crippen LogP) is 7.10. The lowest BCUT2D eigenvalue weighted by Crippen LogP contribution is -2.02. The second-order valence-electron chi connectivity index (χ2n) is 6.99. The molecule has 0 aromatic heterocycles. The first-order chi connectivity index (χ1) is 15.1. The van der Waals surface area contributed by atoms with Crippen molar-refractivity contribution in [2.75, 3.05) is 0 Å². The molecule has 4 aromatic carbocycles. The molecule has 5 heteroatoms. The van der Waals surface area contributed by atoms with Gasteiger partial charge < -0.3 is 0 Å². The summed E-state index contributed by atoms with van der Waals surface area (Å²) in [5.74, 6) is 1.61. The first kappa shape index (κ1) is 21.8. The van der Waals surface area contributed by atoms with Crippen molar-refractivity contribution in [2.24, 2.45) is 0 Å². The Morgan fingerprint density at radius 1 is 0.484 bits per heavy atom. The van der Waals surface area contributed by atoms with Crippen molar-refractivity contribution in [3.63, 3.8) is 0 Å². The predicted molar refractivity (Wildman–Crippen MR) is 130 cm³/mol. The first-order valence-corrected chi connectivity index (χ1v) is 13.4. The number of sulfone groups is 1.